The lowest BCUT2D eigenvalue weighted by atomic mass is 10.2. The first kappa shape index (κ1) is 17.1. The quantitative estimate of drug-likeness (QED) is 0.855. The lowest BCUT2D eigenvalue weighted by Gasteiger charge is -2.20. The molecule has 1 aromatic carbocycles. The van der Waals surface area contributed by atoms with Crippen molar-refractivity contribution >= 4 is 35.0 Å². The van der Waals surface area contributed by atoms with E-state index in [0.717, 1.165) is 12.1 Å². The minimum atomic E-state index is 0.00997. The topological polar surface area (TPSA) is 58.6 Å². The number of hydrogen-bond acceptors (Lipinski definition) is 4. The summed E-state index contributed by atoms with van der Waals surface area (Å²) in [6.45, 7) is 0.699. The Balaban J connectivity index is 1.64. The van der Waals surface area contributed by atoms with E-state index >= 15 is 0 Å². The average molecular weight is 348 g/mol. The largest absolute Gasteiger partial charge is 0.495 e. The zero-order valence-electron chi connectivity index (χ0n) is 14.0. The first-order valence-corrected chi connectivity index (χ1v) is 9.62. The molecule has 1 aromatic rings. The fourth-order valence-corrected chi connectivity index (χ4v) is 4.45. The Morgan fingerprint density at radius 1 is 1.33 bits per heavy atom. The lowest BCUT2D eigenvalue weighted by Crippen LogP contribution is -2.24. The summed E-state index contributed by atoms with van der Waals surface area (Å²) in [5.41, 5.74) is 1.45. The van der Waals surface area contributed by atoms with Crippen LogP contribution in [0.3, 0.4) is 0 Å². The van der Waals surface area contributed by atoms with Crippen LogP contribution in [0.2, 0.25) is 0 Å². The number of rotatable bonds is 6. The first-order valence-electron chi connectivity index (χ1n) is 8.57. The van der Waals surface area contributed by atoms with Crippen LogP contribution in [-0.2, 0) is 9.59 Å². The van der Waals surface area contributed by atoms with Gasteiger partial charge >= 0.3 is 0 Å². The molecule has 6 heteroatoms. The smallest absolute Gasteiger partial charge is 0.234 e. The highest BCUT2D eigenvalue weighted by atomic mass is 32.2. The minimum Gasteiger partial charge on any atom is -0.495 e. The molecule has 0 radical (unpaired) electrons. The fourth-order valence-electron chi connectivity index (χ4n) is 3.33. The number of carbonyl (C=O) groups is 2. The Morgan fingerprint density at radius 3 is 2.79 bits per heavy atom. The third-order valence-electron chi connectivity index (χ3n) is 4.58. The Bertz CT molecular complexity index is 614. The third kappa shape index (κ3) is 4.04. The van der Waals surface area contributed by atoms with Crippen LogP contribution in [0.4, 0.5) is 11.4 Å². The van der Waals surface area contributed by atoms with Gasteiger partial charge in [0.25, 0.3) is 0 Å². The van der Waals surface area contributed by atoms with Crippen molar-refractivity contribution in [3.05, 3.63) is 18.2 Å². The number of anilines is 2. The van der Waals surface area contributed by atoms with Crippen molar-refractivity contribution < 1.29 is 14.3 Å². The molecule has 0 spiro atoms. The Hall–Kier alpha value is -1.69. The van der Waals surface area contributed by atoms with Crippen LogP contribution >= 0.6 is 11.8 Å². The van der Waals surface area contributed by atoms with Crippen LogP contribution in [0.5, 0.6) is 5.75 Å². The van der Waals surface area contributed by atoms with E-state index in [1.165, 1.54) is 25.7 Å². The highest BCUT2D eigenvalue weighted by molar-refractivity contribution is 8.00. The van der Waals surface area contributed by atoms with E-state index in [4.69, 9.17) is 4.74 Å². The molecule has 0 bridgehead atoms. The van der Waals surface area contributed by atoms with Crippen molar-refractivity contribution in [1.29, 1.82) is 0 Å². The molecule has 1 saturated carbocycles. The lowest BCUT2D eigenvalue weighted by molar-refractivity contribution is -0.117. The molecule has 5 nitrogen and oxygen atoms in total. The van der Waals surface area contributed by atoms with Crippen LogP contribution < -0.4 is 15.0 Å². The van der Waals surface area contributed by atoms with Gasteiger partial charge in [-0.2, -0.15) is 0 Å². The van der Waals surface area contributed by atoms with Crippen LogP contribution in [0.25, 0.3) is 0 Å². The fraction of sp³-hybridized carbons (Fsp3) is 0.556. The second kappa shape index (κ2) is 7.92. The molecule has 1 aliphatic heterocycles. The van der Waals surface area contributed by atoms with Crippen molar-refractivity contribution in [1.82, 2.24) is 0 Å². The summed E-state index contributed by atoms with van der Waals surface area (Å²) in [6, 6.07) is 5.46. The summed E-state index contributed by atoms with van der Waals surface area (Å²) >= 11 is 1.75. The number of hydrogen-bond donors (Lipinski definition) is 1. The van der Waals surface area contributed by atoms with E-state index in [9.17, 15) is 9.59 Å². The van der Waals surface area contributed by atoms with Crippen LogP contribution in [0, 0.1) is 0 Å². The number of nitrogens with one attached hydrogen (secondary N) is 1. The molecule has 1 N–H and O–H groups in total. The number of benzene rings is 1. The van der Waals surface area contributed by atoms with Crippen molar-refractivity contribution in [3.63, 3.8) is 0 Å². The summed E-state index contributed by atoms with van der Waals surface area (Å²) in [5.74, 6) is 1.25. The van der Waals surface area contributed by atoms with Gasteiger partial charge in [0.05, 0.1) is 18.6 Å². The zero-order valence-corrected chi connectivity index (χ0v) is 14.9. The number of thioether (sulfide) groups is 1. The van der Waals surface area contributed by atoms with Gasteiger partial charge in [-0.05, 0) is 37.5 Å². The minimum absolute atomic E-state index is 0.00997. The van der Waals surface area contributed by atoms with Gasteiger partial charge in [-0.1, -0.05) is 12.8 Å². The SMILES string of the molecule is COc1ccc(NC(=O)CSC2CCCC2)cc1N1CCCC1=O. The van der Waals surface area contributed by atoms with E-state index < -0.39 is 0 Å². The van der Waals surface area contributed by atoms with Crippen LogP contribution in [0.1, 0.15) is 38.5 Å². The number of nitrogens with zero attached hydrogens (tertiary/aromatic N) is 1. The molecule has 3 rings (SSSR count). The molecule has 24 heavy (non-hydrogen) atoms. The van der Waals surface area contributed by atoms with Crippen LogP contribution in [-0.4, -0.2) is 36.5 Å². The number of ether oxygens (including phenoxy) is 1. The molecule has 2 fully saturated rings. The standard InChI is InChI=1S/C18H24N2O3S/c1-23-16-9-8-13(11-15(16)20-10-4-7-18(20)22)19-17(21)12-24-14-5-2-3-6-14/h8-9,11,14H,2-7,10,12H2,1H3,(H,19,21). The average Bonchev–Trinajstić information content (AvgIpc) is 3.24. The van der Waals surface area contributed by atoms with Gasteiger partial charge in [-0.25, -0.2) is 0 Å². The molecular weight excluding hydrogens is 324 g/mol. The number of methoxy groups -OCH3 is 1. The molecular formula is C18H24N2O3S. The predicted molar refractivity (Wildman–Crippen MR) is 97.9 cm³/mol. The monoisotopic (exact) mass is 348 g/mol. The highest BCUT2D eigenvalue weighted by Gasteiger charge is 2.25. The van der Waals surface area contributed by atoms with Crippen LogP contribution in [0.15, 0.2) is 18.2 Å². The molecule has 1 saturated heterocycles. The van der Waals surface area contributed by atoms with E-state index in [0.29, 0.717) is 35.4 Å². The summed E-state index contributed by atoms with van der Waals surface area (Å²) in [4.78, 5) is 25.9. The van der Waals surface area contributed by atoms with Gasteiger partial charge in [0, 0.05) is 23.9 Å². The predicted octanol–water partition coefficient (Wildman–Crippen LogP) is 3.44. The zero-order chi connectivity index (χ0) is 16.9. The maximum Gasteiger partial charge on any atom is 0.234 e. The van der Waals surface area contributed by atoms with E-state index in [2.05, 4.69) is 5.32 Å². The third-order valence-corrected chi connectivity index (χ3v) is 5.95. The molecule has 2 aliphatic rings. The molecule has 130 valence electrons. The van der Waals surface area contributed by atoms with Crippen molar-refractivity contribution in [2.24, 2.45) is 0 Å². The van der Waals surface area contributed by atoms with Gasteiger partial charge in [-0.15, -0.1) is 11.8 Å². The Labute approximate surface area is 147 Å². The Kier molecular flexibility index (Phi) is 5.66. The van der Waals surface area contributed by atoms with E-state index in [1.54, 1.807) is 29.8 Å². The maximum absolute atomic E-state index is 12.2. The first-order chi connectivity index (χ1) is 11.7. The Morgan fingerprint density at radius 2 is 2.12 bits per heavy atom. The van der Waals surface area contributed by atoms with Gasteiger partial charge in [-0.3, -0.25) is 9.59 Å². The maximum atomic E-state index is 12.2. The molecule has 1 heterocycles. The van der Waals surface area contributed by atoms with E-state index in [-0.39, 0.29) is 11.8 Å². The molecule has 1 aliphatic carbocycles. The summed E-state index contributed by atoms with van der Waals surface area (Å²) in [7, 11) is 1.59. The highest BCUT2D eigenvalue weighted by Crippen LogP contribution is 2.34. The van der Waals surface area contributed by atoms with Gasteiger partial charge in [0.1, 0.15) is 5.75 Å². The molecule has 0 atom stereocenters. The second-order valence-electron chi connectivity index (χ2n) is 6.30. The summed E-state index contributed by atoms with van der Waals surface area (Å²) in [6.07, 6.45) is 6.44. The van der Waals surface area contributed by atoms with Crippen molar-refractivity contribution in [3.8, 4) is 5.75 Å². The van der Waals surface area contributed by atoms with Crippen molar-refractivity contribution in [2.45, 2.75) is 43.8 Å². The van der Waals surface area contributed by atoms with Gasteiger partial charge < -0.3 is 15.0 Å². The normalized spacial score (nSPS) is 18.2. The molecule has 0 unspecified atom stereocenters. The molecule has 0 aromatic heterocycles. The van der Waals surface area contributed by atoms with Crippen molar-refractivity contribution in [2.75, 3.05) is 29.6 Å². The van der Waals surface area contributed by atoms with Gasteiger partial charge in [0.15, 0.2) is 0 Å². The second-order valence-corrected chi connectivity index (χ2v) is 7.59. The summed E-state index contributed by atoms with van der Waals surface area (Å²) in [5, 5.41) is 3.57. The van der Waals surface area contributed by atoms with Gasteiger partial charge in [0.2, 0.25) is 11.8 Å². The number of amides is 2. The molecule has 2 amide bonds. The summed E-state index contributed by atoms with van der Waals surface area (Å²) < 4.78 is 5.37. The van der Waals surface area contributed by atoms with E-state index in [1.807, 2.05) is 12.1 Å². The number of carbonyl (C=O) groups excluding carboxylic acids is 2.